The third-order valence-corrected chi connectivity index (χ3v) is 0.589. The van der Waals surface area contributed by atoms with E-state index in [1.54, 1.807) is 0 Å². The van der Waals surface area contributed by atoms with E-state index in [0.717, 1.165) is 0 Å². The van der Waals surface area contributed by atoms with Crippen molar-refractivity contribution in [2.45, 2.75) is 0 Å². The van der Waals surface area contributed by atoms with E-state index in [2.05, 4.69) is 0 Å². The minimum atomic E-state index is -3.19. The van der Waals surface area contributed by atoms with Gasteiger partial charge < -0.3 is 4.48 Å². The fourth-order valence-corrected chi connectivity index (χ4v) is 0.380. The second kappa shape index (κ2) is 2.53. The minimum Gasteiger partial charge on any atom is -0.330 e. The molecule has 0 radical (unpaired) electrons. The summed E-state index contributed by atoms with van der Waals surface area (Å²) < 4.78 is 62.6. The maximum absolute atomic E-state index is 7.18. The van der Waals surface area contributed by atoms with Crippen LogP contribution in [0.5, 0.6) is 0 Å². The van der Waals surface area contributed by atoms with Crippen LogP contribution in [0.2, 0.25) is 0 Å². The average Bonchev–Trinajstić information content (AvgIpc) is 1.91. The largest absolute Gasteiger partial charge is 0.330 e. The lowest BCUT2D eigenvalue weighted by atomic mass is 10.6. The molecular formula is C5H13ClN+. The van der Waals surface area contributed by atoms with E-state index in [1.807, 2.05) is 0 Å². The standard InChI is InChI=1S/C5H13ClN/c1-7(2,3)5-4-6/h4-5H2,1-3H3/q+1/i1D3,2D3,3D3. The molecule has 0 aliphatic heterocycles. The van der Waals surface area contributed by atoms with Gasteiger partial charge in [-0.3, -0.25) is 0 Å². The smallest absolute Gasteiger partial charge is 0.0918 e. The highest BCUT2D eigenvalue weighted by molar-refractivity contribution is 6.17. The van der Waals surface area contributed by atoms with Crippen LogP contribution >= 0.6 is 11.6 Å². The Morgan fingerprint density at radius 2 is 2.14 bits per heavy atom. The van der Waals surface area contributed by atoms with Gasteiger partial charge in [0.2, 0.25) is 0 Å². The van der Waals surface area contributed by atoms with Crippen molar-refractivity contribution in [2.75, 3.05) is 33.4 Å². The monoisotopic (exact) mass is 131 g/mol. The normalized spacial score (nSPS) is 36.4. The zero-order valence-electron chi connectivity index (χ0n) is 12.7. The molecular weight excluding hydrogens is 110 g/mol. The van der Waals surface area contributed by atoms with Crippen molar-refractivity contribution < 1.29 is 16.8 Å². The van der Waals surface area contributed by atoms with Crippen LogP contribution in [-0.2, 0) is 0 Å². The summed E-state index contributed by atoms with van der Waals surface area (Å²) in [6.07, 6.45) is 0. The van der Waals surface area contributed by atoms with Gasteiger partial charge in [0, 0.05) is 0 Å². The molecule has 0 aromatic rings. The van der Waals surface area contributed by atoms with Crippen LogP contribution in [0.1, 0.15) is 12.3 Å². The maximum atomic E-state index is 7.18. The van der Waals surface area contributed by atoms with Crippen molar-refractivity contribution in [3.05, 3.63) is 0 Å². The van der Waals surface area contributed by atoms with Gasteiger partial charge in [-0.15, -0.1) is 11.6 Å². The second-order valence-electron chi connectivity index (χ2n) is 1.22. The van der Waals surface area contributed by atoms with Gasteiger partial charge >= 0.3 is 0 Å². The van der Waals surface area contributed by atoms with E-state index >= 15 is 0 Å². The van der Waals surface area contributed by atoms with Gasteiger partial charge in [-0.25, -0.2) is 0 Å². The third kappa shape index (κ3) is 6.25. The van der Waals surface area contributed by atoms with E-state index in [1.165, 1.54) is 0 Å². The van der Waals surface area contributed by atoms with Gasteiger partial charge in [-0.05, 0) is 0 Å². The van der Waals surface area contributed by atoms with E-state index in [4.69, 9.17) is 23.9 Å². The Balaban J connectivity index is 5.82. The Kier molecular flexibility index (Phi) is 0.440. The van der Waals surface area contributed by atoms with Crippen molar-refractivity contribution in [1.82, 2.24) is 0 Å². The van der Waals surface area contributed by atoms with E-state index < -0.39 is 32.0 Å². The molecule has 0 rings (SSSR count). The maximum Gasteiger partial charge on any atom is 0.0918 e. The summed E-state index contributed by atoms with van der Waals surface area (Å²) >= 11 is 5.34. The number of alkyl halides is 1. The molecule has 2 heteroatoms. The summed E-state index contributed by atoms with van der Waals surface area (Å²) in [6, 6.07) is 0. The van der Waals surface area contributed by atoms with Gasteiger partial charge in [0.05, 0.1) is 45.7 Å². The predicted molar refractivity (Wildman–Crippen MR) is 33.6 cm³/mol. The summed E-state index contributed by atoms with van der Waals surface area (Å²) in [5.41, 5.74) is 0. The Bertz CT molecular complexity index is 202. The van der Waals surface area contributed by atoms with Crippen LogP contribution < -0.4 is 0 Å². The highest BCUT2D eigenvalue weighted by Crippen LogP contribution is 1.88. The topological polar surface area (TPSA) is 0 Å². The summed E-state index contributed by atoms with van der Waals surface area (Å²) in [6.45, 7) is -10.2. The Labute approximate surface area is 63.1 Å². The fourth-order valence-electron chi connectivity index (χ4n) is 0.127. The van der Waals surface area contributed by atoms with E-state index in [0.29, 0.717) is 0 Å². The lowest BCUT2D eigenvalue weighted by Gasteiger charge is -2.21. The predicted octanol–water partition coefficient (Wildman–Crippen LogP) is 0.931. The van der Waals surface area contributed by atoms with Crippen LogP contribution in [0.4, 0.5) is 0 Å². The Morgan fingerprint density at radius 1 is 1.57 bits per heavy atom. The SMILES string of the molecule is [2H]C([2H])([2H])[N+](CCCl)(C([2H])([2H])[2H])C([2H])([2H])[2H]. The molecule has 44 valence electrons. The first-order valence-corrected chi connectivity index (χ1v) is 2.29. The molecule has 7 heavy (non-hydrogen) atoms. The first kappa shape index (κ1) is 1.22. The van der Waals surface area contributed by atoms with Crippen LogP contribution in [-0.4, -0.2) is 37.8 Å². The molecule has 0 atom stereocenters. The fraction of sp³-hybridized carbons (Fsp3) is 1.00. The van der Waals surface area contributed by atoms with Crippen molar-refractivity contribution in [1.29, 1.82) is 0 Å². The lowest BCUT2D eigenvalue weighted by molar-refractivity contribution is -0.867. The molecule has 0 aliphatic carbocycles. The number of rotatable bonds is 2. The average molecular weight is 132 g/mol. The number of nitrogens with zero attached hydrogens (tertiary/aromatic N) is 1. The first-order chi connectivity index (χ1) is 6.81. The van der Waals surface area contributed by atoms with Crippen molar-refractivity contribution in [3.8, 4) is 0 Å². The quantitative estimate of drug-likeness (QED) is 0.387. The van der Waals surface area contributed by atoms with E-state index in [-0.39, 0.29) is 5.88 Å². The highest BCUT2D eigenvalue weighted by Gasteiger charge is 2.02. The van der Waals surface area contributed by atoms with Gasteiger partial charge in [-0.1, -0.05) is 0 Å². The summed E-state index contributed by atoms with van der Waals surface area (Å²) in [7, 11) is 0. The summed E-state index contributed by atoms with van der Waals surface area (Å²) in [5, 5.41) is 0. The minimum absolute atomic E-state index is 0.366. The molecule has 0 N–H and O–H groups in total. The first-order valence-electron chi connectivity index (χ1n) is 6.25. The number of hydrogen-bond donors (Lipinski definition) is 0. The van der Waals surface area contributed by atoms with Gasteiger partial charge in [-0.2, -0.15) is 0 Å². The van der Waals surface area contributed by atoms with Gasteiger partial charge in [0.15, 0.2) is 0 Å². The lowest BCUT2D eigenvalue weighted by Crippen LogP contribution is -2.35. The summed E-state index contributed by atoms with van der Waals surface area (Å²) in [4.78, 5) is 0. The molecule has 0 unspecified atom stereocenters. The van der Waals surface area contributed by atoms with Crippen LogP contribution in [0, 0.1) is 0 Å². The zero-order valence-corrected chi connectivity index (χ0v) is 4.50. The molecule has 0 saturated heterocycles. The molecule has 0 aromatic heterocycles. The molecule has 0 heterocycles. The second-order valence-corrected chi connectivity index (χ2v) is 1.60. The number of hydrogen-bond acceptors (Lipinski definition) is 0. The van der Waals surface area contributed by atoms with Crippen molar-refractivity contribution >= 4 is 11.6 Å². The Hall–Kier alpha value is 0.250. The van der Waals surface area contributed by atoms with Gasteiger partial charge in [0.1, 0.15) is 0 Å². The molecule has 0 amide bonds. The molecule has 0 spiro atoms. The zero-order chi connectivity index (χ0) is 13.4. The molecule has 0 bridgehead atoms. The highest BCUT2D eigenvalue weighted by atomic mass is 35.5. The number of halogens is 1. The molecule has 1 nitrogen and oxygen atoms in total. The molecule has 0 aliphatic rings. The van der Waals surface area contributed by atoms with Crippen molar-refractivity contribution in [2.24, 2.45) is 0 Å². The number of quaternary nitrogens is 1. The molecule has 0 fully saturated rings. The summed E-state index contributed by atoms with van der Waals surface area (Å²) in [5.74, 6) is -0.366. The van der Waals surface area contributed by atoms with Crippen molar-refractivity contribution in [3.63, 3.8) is 0 Å². The van der Waals surface area contributed by atoms with Crippen LogP contribution in [0.25, 0.3) is 0 Å². The van der Waals surface area contributed by atoms with Crippen LogP contribution in [0.3, 0.4) is 0 Å². The van der Waals surface area contributed by atoms with Crippen LogP contribution in [0.15, 0.2) is 0 Å². The van der Waals surface area contributed by atoms with E-state index in [9.17, 15) is 0 Å². The third-order valence-electron chi connectivity index (χ3n) is 0.420. The Morgan fingerprint density at radius 3 is 2.29 bits per heavy atom. The molecule has 0 aromatic carbocycles. The molecule has 0 saturated carbocycles. The van der Waals surface area contributed by atoms with Gasteiger partial charge in [0.25, 0.3) is 0 Å².